The summed E-state index contributed by atoms with van der Waals surface area (Å²) in [6.45, 7) is 0. The molecule has 0 aromatic rings. The normalized spacial score (nSPS) is 61.3. The van der Waals surface area contributed by atoms with Crippen LogP contribution in [-0.2, 0) is 9.88 Å². The quantitative estimate of drug-likeness (QED) is 0.441. The summed E-state index contributed by atoms with van der Waals surface area (Å²) in [5.41, 5.74) is 0. The van der Waals surface area contributed by atoms with E-state index in [0.29, 0.717) is 18.2 Å². The molecule has 50 valence electrons. The lowest BCUT2D eigenvalue weighted by Gasteiger charge is -2.45. The van der Waals surface area contributed by atoms with Crippen LogP contribution in [0.2, 0.25) is 0 Å². The van der Waals surface area contributed by atoms with Crippen LogP contribution < -0.4 is 0 Å². The van der Waals surface area contributed by atoms with Crippen LogP contribution in [0.4, 0.5) is 0 Å². The van der Waals surface area contributed by atoms with Crippen LogP contribution in [0.15, 0.2) is 0 Å². The van der Waals surface area contributed by atoms with Gasteiger partial charge in [0, 0.05) is 6.04 Å². The molecule has 0 radical (unpaired) electrons. The molecule has 3 saturated heterocycles. The largest absolute Gasteiger partial charge is 0.213 e. The monoisotopic (exact) mass is 127 g/mol. The number of rotatable bonds is 0. The van der Waals surface area contributed by atoms with Crippen LogP contribution in [0.25, 0.3) is 0 Å². The van der Waals surface area contributed by atoms with E-state index in [4.69, 9.17) is 9.88 Å². The van der Waals surface area contributed by atoms with Gasteiger partial charge in [0.1, 0.15) is 6.10 Å². The number of fused-ring (bicyclic) bond motifs is 1. The van der Waals surface area contributed by atoms with Crippen LogP contribution >= 0.6 is 0 Å². The first-order chi connectivity index (χ1) is 4.45. The van der Waals surface area contributed by atoms with Crippen molar-refractivity contribution in [3.63, 3.8) is 0 Å². The SMILES string of the molecule is C1CC2CC3C1OON23. The van der Waals surface area contributed by atoms with E-state index in [1.54, 1.807) is 0 Å². The summed E-state index contributed by atoms with van der Waals surface area (Å²) >= 11 is 0. The van der Waals surface area contributed by atoms with Crippen LogP contribution in [-0.4, -0.2) is 23.3 Å². The Kier molecular flexibility index (Phi) is 0.678. The van der Waals surface area contributed by atoms with Crippen molar-refractivity contribution in [2.75, 3.05) is 0 Å². The van der Waals surface area contributed by atoms with Gasteiger partial charge in [-0.2, -0.15) is 0 Å². The molecule has 4 bridgehead atoms. The van der Waals surface area contributed by atoms with Gasteiger partial charge in [-0.15, -0.1) is 10.1 Å². The van der Waals surface area contributed by atoms with E-state index in [2.05, 4.69) is 0 Å². The Hall–Kier alpha value is -0.120. The average Bonchev–Trinajstić information content (AvgIpc) is 2.06. The first-order valence-electron chi connectivity index (χ1n) is 3.57. The fraction of sp³-hybridized carbons (Fsp3) is 1.00. The van der Waals surface area contributed by atoms with Crippen molar-refractivity contribution in [2.45, 2.75) is 37.5 Å². The molecule has 3 nitrogen and oxygen atoms in total. The number of hydroxylamine groups is 2. The van der Waals surface area contributed by atoms with Gasteiger partial charge in [-0.05, 0) is 19.3 Å². The zero-order valence-electron chi connectivity index (χ0n) is 5.12. The zero-order valence-corrected chi connectivity index (χ0v) is 5.12. The highest BCUT2D eigenvalue weighted by Gasteiger charge is 2.54. The van der Waals surface area contributed by atoms with E-state index >= 15 is 0 Å². The molecule has 0 spiro atoms. The molecule has 3 heteroatoms. The third-order valence-electron chi connectivity index (χ3n) is 2.67. The van der Waals surface area contributed by atoms with E-state index in [1.807, 2.05) is 5.06 Å². The second kappa shape index (κ2) is 1.31. The average molecular weight is 127 g/mol. The second-order valence-electron chi connectivity index (χ2n) is 3.10. The minimum absolute atomic E-state index is 0.398. The molecule has 4 aliphatic rings. The molecule has 9 heavy (non-hydrogen) atoms. The maximum Gasteiger partial charge on any atom is 0.113 e. The molecule has 0 amide bonds. The molecule has 4 fully saturated rings. The molecule has 4 unspecified atom stereocenters. The van der Waals surface area contributed by atoms with Gasteiger partial charge in [-0.25, -0.2) is 4.89 Å². The van der Waals surface area contributed by atoms with Gasteiger partial charge >= 0.3 is 0 Å². The molecule has 4 atom stereocenters. The van der Waals surface area contributed by atoms with E-state index in [0.717, 1.165) is 0 Å². The smallest absolute Gasteiger partial charge is 0.113 e. The molecule has 4 rings (SSSR count). The molecule has 1 saturated carbocycles. The maximum absolute atomic E-state index is 5.06. The van der Waals surface area contributed by atoms with Gasteiger partial charge in [-0.1, -0.05) is 0 Å². The van der Waals surface area contributed by atoms with Gasteiger partial charge < -0.3 is 0 Å². The Balaban J connectivity index is 1.96. The van der Waals surface area contributed by atoms with E-state index in [1.165, 1.54) is 19.3 Å². The predicted octanol–water partition coefficient (Wildman–Crippen LogP) is 0.468. The number of piperidine rings is 1. The standard InChI is InChI=1S/C6H9NO2/c1-2-6-5-3-4(1)7(5)9-8-6/h4-6H,1-3H2. The van der Waals surface area contributed by atoms with Crippen molar-refractivity contribution < 1.29 is 9.88 Å². The first kappa shape index (κ1) is 4.66. The van der Waals surface area contributed by atoms with Gasteiger partial charge in [-0.3, -0.25) is 0 Å². The van der Waals surface area contributed by atoms with Crippen LogP contribution in [0.1, 0.15) is 19.3 Å². The summed E-state index contributed by atoms with van der Waals surface area (Å²) in [5, 5.41) is 2.01. The van der Waals surface area contributed by atoms with Crippen molar-refractivity contribution in [1.29, 1.82) is 0 Å². The summed E-state index contributed by atoms with van der Waals surface area (Å²) in [6.07, 6.45) is 4.16. The fourth-order valence-corrected chi connectivity index (χ4v) is 2.06. The molecule has 3 aliphatic heterocycles. The Labute approximate surface area is 53.4 Å². The minimum atomic E-state index is 0.398. The van der Waals surface area contributed by atoms with Gasteiger partial charge in [0.15, 0.2) is 0 Å². The molecule has 0 aromatic heterocycles. The van der Waals surface area contributed by atoms with Crippen molar-refractivity contribution in [3.05, 3.63) is 0 Å². The Bertz CT molecular complexity index is 132. The molecular formula is C6H9NO2. The molecule has 0 aromatic carbocycles. The summed E-state index contributed by atoms with van der Waals surface area (Å²) in [4.78, 5) is 10.0. The van der Waals surface area contributed by atoms with Crippen molar-refractivity contribution in [2.24, 2.45) is 0 Å². The van der Waals surface area contributed by atoms with Crippen molar-refractivity contribution in [1.82, 2.24) is 5.06 Å². The van der Waals surface area contributed by atoms with E-state index in [9.17, 15) is 0 Å². The third-order valence-corrected chi connectivity index (χ3v) is 2.67. The Morgan fingerprint density at radius 3 is 3.00 bits per heavy atom. The molecule has 0 N–H and O–H groups in total. The van der Waals surface area contributed by atoms with Crippen molar-refractivity contribution >= 4 is 0 Å². The number of hydrogen-bond acceptors (Lipinski definition) is 3. The maximum atomic E-state index is 5.06. The fourth-order valence-electron chi connectivity index (χ4n) is 2.06. The first-order valence-corrected chi connectivity index (χ1v) is 3.57. The highest BCUT2D eigenvalue weighted by molar-refractivity contribution is 4.99. The summed E-state index contributed by atoms with van der Waals surface area (Å²) in [7, 11) is 0. The molecular weight excluding hydrogens is 118 g/mol. The minimum Gasteiger partial charge on any atom is -0.213 e. The Morgan fingerprint density at radius 2 is 2.33 bits per heavy atom. The van der Waals surface area contributed by atoms with Crippen LogP contribution in [0.5, 0.6) is 0 Å². The van der Waals surface area contributed by atoms with E-state index in [-0.39, 0.29) is 0 Å². The third kappa shape index (κ3) is 0.407. The zero-order chi connectivity index (χ0) is 5.84. The predicted molar refractivity (Wildman–Crippen MR) is 29.2 cm³/mol. The van der Waals surface area contributed by atoms with E-state index < -0.39 is 0 Å². The number of hydrogen-bond donors (Lipinski definition) is 0. The molecule has 3 heterocycles. The highest BCUT2D eigenvalue weighted by Crippen LogP contribution is 2.44. The lowest BCUT2D eigenvalue weighted by Crippen LogP contribution is -2.58. The van der Waals surface area contributed by atoms with Crippen LogP contribution in [0, 0.1) is 0 Å². The topological polar surface area (TPSA) is 21.7 Å². The molecule has 1 aliphatic carbocycles. The summed E-state index contributed by atoms with van der Waals surface area (Å²) in [6, 6.07) is 1.30. The lowest BCUT2D eigenvalue weighted by atomic mass is 9.80. The summed E-state index contributed by atoms with van der Waals surface area (Å²) < 4.78 is 0. The lowest BCUT2D eigenvalue weighted by molar-refractivity contribution is -0.399. The van der Waals surface area contributed by atoms with Crippen LogP contribution in [0.3, 0.4) is 0 Å². The second-order valence-corrected chi connectivity index (χ2v) is 3.10. The Morgan fingerprint density at radius 1 is 1.33 bits per heavy atom. The highest BCUT2D eigenvalue weighted by atomic mass is 17.3. The van der Waals surface area contributed by atoms with Gasteiger partial charge in [0.25, 0.3) is 0 Å². The number of nitrogens with zero attached hydrogens (tertiary/aromatic N) is 1. The van der Waals surface area contributed by atoms with Gasteiger partial charge in [0.05, 0.1) is 6.04 Å². The summed E-state index contributed by atoms with van der Waals surface area (Å²) in [5.74, 6) is 0. The van der Waals surface area contributed by atoms with Crippen molar-refractivity contribution in [3.8, 4) is 0 Å². The van der Waals surface area contributed by atoms with Gasteiger partial charge in [0.2, 0.25) is 0 Å².